The van der Waals surface area contributed by atoms with Crippen molar-refractivity contribution < 1.29 is 9.47 Å². The zero-order valence-corrected chi connectivity index (χ0v) is 16.7. The molecule has 1 N–H and O–H groups in total. The molecule has 0 unspecified atom stereocenters. The van der Waals surface area contributed by atoms with Gasteiger partial charge in [0.1, 0.15) is 6.61 Å². The van der Waals surface area contributed by atoms with Crippen molar-refractivity contribution in [1.29, 1.82) is 5.26 Å². The van der Waals surface area contributed by atoms with E-state index in [0.29, 0.717) is 35.2 Å². The van der Waals surface area contributed by atoms with Crippen LogP contribution in [0, 0.1) is 11.3 Å². The van der Waals surface area contributed by atoms with E-state index in [4.69, 9.17) is 26.3 Å². The Kier molecular flexibility index (Phi) is 7.10. The van der Waals surface area contributed by atoms with Crippen LogP contribution in [-0.2, 0) is 13.2 Å². The van der Waals surface area contributed by atoms with Crippen molar-refractivity contribution in [2.45, 2.75) is 13.2 Å². The summed E-state index contributed by atoms with van der Waals surface area (Å²) in [6, 6.07) is 22.7. The molecule has 0 spiro atoms. The van der Waals surface area contributed by atoms with Crippen molar-refractivity contribution in [2.24, 2.45) is 5.10 Å². The first-order valence-corrected chi connectivity index (χ1v) is 9.36. The molecule has 0 amide bonds. The normalized spacial score (nSPS) is 10.5. The number of hydrogen-bond acceptors (Lipinski definition) is 5. The average Bonchev–Trinajstić information content (AvgIpc) is 2.76. The fourth-order valence-corrected chi connectivity index (χ4v) is 2.87. The molecule has 0 saturated carbocycles. The zero-order valence-electron chi connectivity index (χ0n) is 15.9. The molecule has 0 fully saturated rings. The lowest BCUT2D eigenvalue weighted by molar-refractivity contribution is 0.284. The van der Waals surface area contributed by atoms with Gasteiger partial charge >= 0.3 is 0 Å². The summed E-state index contributed by atoms with van der Waals surface area (Å²) in [4.78, 5) is 0. The summed E-state index contributed by atoms with van der Waals surface area (Å²) >= 11 is 6.13. The van der Waals surface area contributed by atoms with Crippen molar-refractivity contribution in [3.63, 3.8) is 0 Å². The summed E-state index contributed by atoms with van der Waals surface area (Å²) in [6.07, 6.45) is 1.71. The Morgan fingerprint density at radius 1 is 1.07 bits per heavy atom. The second-order valence-corrected chi connectivity index (χ2v) is 6.60. The van der Waals surface area contributed by atoms with Crippen molar-refractivity contribution in [3.05, 3.63) is 94.0 Å². The number of nitrogens with one attached hydrogen (secondary N) is 1. The third-order valence-electron chi connectivity index (χ3n) is 4.17. The molecule has 0 aliphatic heterocycles. The summed E-state index contributed by atoms with van der Waals surface area (Å²) in [5.41, 5.74) is 6.36. The molecule has 5 nitrogen and oxygen atoms in total. The molecule has 3 aromatic carbocycles. The second kappa shape index (κ2) is 10.2. The lowest BCUT2D eigenvalue weighted by Gasteiger charge is -2.11. The monoisotopic (exact) mass is 405 g/mol. The van der Waals surface area contributed by atoms with Gasteiger partial charge in [-0.1, -0.05) is 41.9 Å². The first-order valence-electron chi connectivity index (χ1n) is 8.99. The number of rotatable bonds is 8. The third kappa shape index (κ3) is 5.74. The highest BCUT2D eigenvalue weighted by Crippen LogP contribution is 2.28. The van der Waals surface area contributed by atoms with Crippen LogP contribution in [0.15, 0.2) is 71.8 Å². The van der Waals surface area contributed by atoms with Gasteiger partial charge in [-0.3, -0.25) is 0 Å². The van der Waals surface area contributed by atoms with E-state index in [1.54, 1.807) is 25.5 Å². The van der Waals surface area contributed by atoms with Gasteiger partial charge in [0.2, 0.25) is 0 Å². The molecule has 3 rings (SSSR count). The van der Waals surface area contributed by atoms with Gasteiger partial charge in [-0.2, -0.15) is 10.4 Å². The molecule has 0 aliphatic carbocycles. The van der Waals surface area contributed by atoms with Gasteiger partial charge in [-0.15, -0.1) is 0 Å². The minimum Gasteiger partial charge on any atom is -0.493 e. The van der Waals surface area contributed by atoms with E-state index < -0.39 is 0 Å². The first kappa shape index (κ1) is 20.2. The molecular formula is C23H20ClN3O2. The van der Waals surface area contributed by atoms with Gasteiger partial charge in [-0.25, -0.2) is 0 Å². The van der Waals surface area contributed by atoms with Gasteiger partial charge in [-0.05, 0) is 53.1 Å². The summed E-state index contributed by atoms with van der Waals surface area (Å²) < 4.78 is 11.3. The molecule has 0 bridgehead atoms. The maximum absolute atomic E-state index is 8.99. The minimum atomic E-state index is 0.346. The highest BCUT2D eigenvalue weighted by atomic mass is 35.5. The maximum Gasteiger partial charge on any atom is 0.161 e. The van der Waals surface area contributed by atoms with E-state index in [-0.39, 0.29) is 0 Å². The topological polar surface area (TPSA) is 66.6 Å². The van der Waals surface area contributed by atoms with Crippen LogP contribution in [0.2, 0.25) is 5.02 Å². The van der Waals surface area contributed by atoms with Crippen LogP contribution in [0.5, 0.6) is 11.5 Å². The molecular weight excluding hydrogens is 386 g/mol. The molecule has 29 heavy (non-hydrogen) atoms. The molecule has 6 heteroatoms. The maximum atomic E-state index is 8.99. The average molecular weight is 406 g/mol. The second-order valence-electron chi connectivity index (χ2n) is 6.20. The predicted octanol–water partition coefficient (Wildman–Crippen LogP) is 4.92. The Balaban J connectivity index is 1.60. The Morgan fingerprint density at radius 2 is 1.93 bits per heavy atom. The smallest absolute Gasteiger partial charge is 0.161 e. The summed E-state index contributed by atoms with van der Waals surface area (Å²) in [5, 5.41) is 13.9. The molecule has 0 aromatic heterocycles. The van der Waals surface area contributed by atoms with E-state index in [1.165, 1.54) is 0 Å². The molecule has 0 radical (unpaired) electrons. The molecule has 0 heterocycles. The Hall–Kier alpha value is -3.49. The zero-order chi connectivity index (χ0) is 20.5. The summed E-state index contributed by atoms with van der Waals surface area (Å²) in [7, 11) is 1.59. The van der Waals surface area contributed by atoms with Crippen LogP contribution >= 0.6 is 11.6 Å². The number of hydrazone groups is 1. The highest BCUT2D eigenvalue weighted by Gasteiger charge is 2.06. The van der Waals surface area contributed by atoms with Crippen molar-refractivity contribution in [1.82, 2.24) is 5.43 Å². The van der Waals surface area contributed by atoms with E-state index in [2.05, 4.69) is 16.6 Å². The van der Waals surface area contributed by atoms with Gasteiger partial charge in [0.15, 0.2) is 11.5 Å². The first-order chi connectivity index (χ1) is 14.2. The number of benzene rings is 3. The van der Waals surface area contributed by atoms with Gasteiger partial charge in [0.25, 0.3) is 0 Å². The largest absolute Gasteiger partial charge is 0.493 e. The Bertz CT molecular complexity index is 1040. The van der Waals surface area contributed by atoms with Crippen LogP contribution in [0.4, 0.5) is 0 Å². The van der Waals surface area contributed by atoms with Gasteiger partial charge in [0, 0.05) is 5.02 Å². The standard InChI is InChI=1S/C23H20ClN3O2/c1-28-23-12-18(14-26-27-15-20-7-2-3-8-21(20)24)9-10-22(23)29-16-19-6-4-5-17(11-19)13-25/h2-12,14,27H,15-16H2,1H3/b26-14-. The van der Waals surface area contributed by atoms with Crippen LogP contribution < -0.4 is 14.9 Å². The fourth-order valence-electron chi connectivity index (χ4n) is 2.67. The molecule has 0 atom stereocenters. The van der Waals surface area contributed by atoms with Crippen molar-refractivity contribution in [2.75, 3.05) is 7.11 Å². The predicted molar refractivity (Wildman–Crippen MR) is 114 cm³/mol. The number of ether oxygens (including phenoxy) is 2. The number of nitriles is 1. The molecule has 146 valence electrons. The van der Waals surface area contributed by atoms with Crippen LogP contribution in [0.25, 0.3) is 0 Å². The van der Waals surface area contributed by atoms with E-state index in [9.17, 15) is 0 Å². The number of hydrogen-bond donors (Lipinski definition) is 1. The van der Waals surface area contributed by atoms with Gasteiger partial charge in [0.05, 0.1) is 31.5 Å². The summed E-state index contributed by atoms with van der Waals surface area (Å²) in [6.45, 7) is 0.884. The number of halogens is 1. The summed E-state index contributed by atoms with van der Waals surface area (Å²) in [5.74, 6) is 1.23. The van der Waals surface area contributed by atoms with Crippen LogP contribution in [0.1, 0.15) is 22.3 Å². The quantitative estimate of drug-likeness (QED) is 0.426. The Labute approximate surface area is 175 Å². The fraction of sp³-hybridized carbons (Fsp3) is 0.130. The molecule has 0 saturated heterocycles. The number of nitrogens with zero attached hydrogens (tertiary/aromatic N) is 2. The highest BCUT2D eigenvalue weighted by molar-refractivity contribution is 6.31. The molecule has 0 aliphatic rings. The third-order valence-corrected chi connectivity index (χ3v) is 4.54. The van der Waals surface area contributed by atoms with Gasteiger partial charge < -0.3 is 14.9 Å². The molecule has 3 aromatic rings. The van der Waals surface area contributed by atoms with Crippen molar-refractivity contribution in [3.8, 4) is 17.6 Å². The Morgan fingerprint density at radius 3 is 2.72 bits per heavy atom. The van der Waals surface area contributed by atoms with E-state index >= 15 is 0 Å². The SMILES string of the molecule is COc1cc(/C=N\NCc2ccccc2Cl)ccc1OCc1cccc(C#N)c1. The minimum absolute atomic E-state index is 0.346. The van der Waals surface area contributed by atoms with Crippen LogP contribution in [-0.4, -0.2) is 13.3 Å². The van der Waals surface area contributed by atoms with E-state index in [0.717, 1.165) is 16.7 Å². The lowest BCUT2D eigenvalue weighted by Crippen LogP contribution is -2.06. The lowest BCUT2D eigenvalue weighted by atomic mass is 10.1. The van der Waals surface area contributed by atoms with E-state index in [1.807, 2.05) is 54.6 Å². The van der Waals surface area contributed by atoms with Crippen molar-refractivity contribution >= 4 is 17.8 Å². The number of methoxy groups -OCH3 is 1. The van der Waals surface area contributed by atoms with Crippen LogP contribution in [0.3, 0.4) is 0 Å².